The molecular formula is C16H15NO3. The minimum Gasteiger partial charge on any atom is -0.508 e. The highest BCUT2D eigenvalue weighted by Crippen LogP contribution is 2.34. The van der Waals surface area contributed by atoms with E-state index in [4.69, 9.17) is 4.74 Å². The van der Waals surface area contributed by atoms with Gasteiger partial charge in [-0.2, -0.15) is 0 Å². The zero-order chi connectivity index (χ0) is 14.3. The molecule has 0 spiro atoms. The van der Waals surface area contributed by atoms with Crippen molar-refractivity contribution in [3.8, 4) is 11.5 Å². The Balaban J connectivity index is 1.98. The van der Waals surface area contributed by atoms with Crippen molar-refractivity contribution >= 4 is 11.8 Å². The van der Waals surface area contributed by atoms with Gasteiger partial charge in [-0.25, -0.2) is 4.79 Å². The Kier molecular flexibility index (Phi) is 2.86. The summed E-state index contributed by atoms with van der Waals surface area (Å²) < 4.78 is 5.29. The Morgan fingerprint density at radius 1 is 1.15 bits per heavy atom. The van der Waals surface area contributed by atoms with Gasteiger partial charge in [0.2, 0.25) is 0 Å². The minimum absolute atomic E-state index is 0.139. The second-order valence-electron chi connectivity index (χ2n) is 5.04. The first-order valence-electron chi connectivity index (χ1n) is 6.43. The molecule has 0 aromatic heterocycles. The van der Waals surface area contributed by atoms with E-state index in [-0.39, 0.29) is 5.75 Å². The lowest BCUT2D eigenvalue weighted by molar-refractivity contribution is 0.202. The normalized spacial score (nSPS) is 13.9. The second-order valence-corrected chi connectivity index (χ2v) is 5.04. The van der Waals surface area contributed by atoms with E-state index in [1.165, 1.54) is 6.07 Å². The van der Waals surface area contributed by atoms with Gasteiger partial charge in [0.05, 0.1) is 6.54 Å². The van der Waals surface area contributed by atoms with Crippen LogP contribution in [-0.4, -0.2) is 11.2 Å². The Bertz CT molecular complexity index is 677. The second kappa shape index (κ2) is 4.56. The molecule has 1 N–H and O–H groups in total. The summed E-state index contributed by atoms with van der Waals surface area (Å²) in [7, 11) is 0. The number of phenols is 1. The van der Waals surface area contributed by atoms with Crippen LogP contribution in [0.15, 0.2) is 36.4 Å². The quantitative estimate of drug-likeness (QED) is 0.861. The number of hydrogen-bond donors (Lipinski definition) is 1. The average Bonchev–Trinajstić information content (AvgIpc) is 2.41. The van der Waals surface area contributed by atoms with Crippen LogP contribution in [0, 0.1) is 13.8 Å². The monoisotopic (exact) mass is 269 g/mol. The molecule has 0 saturated heterocycles. The van der Waals surface area contributed by atoms with Crippen molar-refractivity contribution in [2.75, 3.05) is 4.90 Å². The van der Waals surface area contributed by atoms with Crippen molar-refractivity contribution in [3.63, 3.8) is 0 Å². The van der Waals surface area contributed by atoms with E-state index in [0.29, 0.717) is 12.3 Å². The van der Waals surface area contributed by atoms with Crippen LogP contribution in [0.5, 0.6) is 11.5 Å². The predicted molar refractivity (Wildman–Crippen MR) is 76.2 cm³/mol. The molecule has 0 atom stereocenters. The van der Waals surface area contributed by atoms with E-state index in [0.717, 1.165) is 22.4 Å². The summed E-state index contributed by atoms with van der Waals surface area (Å²) in [6.07, 6.45) is -0.426. The summed E-state index contributed by atoms with van der Waals surface area (Å²) in [6.45, 7) is 4.26. The molecule has 0 radical (unpaired) electrons. The third-order valence-electron chi connectivity index (χ3n) is 3.47. The van der Waals surface area contributed by atoms with Gasteiger partial charge in [-0.15, -0.1) is 0 Å². The van der Waals surface area contributed by atoms with Crippen LogP contribution < -0.4 is 9.64 Å². The summed E-state index contributed by atoms with van der Waals surface area (Å²) >= 11 is 0. The molecule has 0 unspecified atom stereocenters. The van der Waals surface area contributed by atoms with Crippen molar-refractivity contribution in [3.05, 3.63) is 53.1 Å². The molecule has 4 nitrogen and oxygen atoms in total. The first-order chi connectivity index (χ1) is 9.54. The van der Waals surface area contributed by atoms with E-state index in [1.54, 1.807) is 4.90 Å². The fraction of sp³-hybridized carbons (Fsp3) is 0.188. The lowest BCUT2D eigenvalue weighted by Crippen LogP contribution is -2.37. The van der Waals surface area contributed by atoms with E-state index >= 15 is 0 Å². The summed E-state index contributed by atoms with van der Waals surface area (Å²) in [5, 5.41) is 9.67. The van der Waals surface area contributed by atoms with Crippen LogP contribution in [0.25, 0.3) is 0 Å². The number of aromatic hydroxyl groups is 1. The molecule has 0 saturated carbocycles. The van der Waals surface area contributed by atoms with Gasteiger partial charge in [-0.05, 0) is 37.6 Å². The van der Waals surface area contributed by atoms with Gasteiger partial charge in [0.1, 0.15) is 11.5 Å². The van der Waals surface area contributed by atoms with Gasteiger partial charge in [-0.1, -0.05) is 17.7 Å². The number of amides is 1. The maximum Gasteiger partial charge on any atom is 0.420 e. The molecule has 0 fully saturated rings. The number of fused-ring (bicyclic) bond motifs is 1. The molecule has 1 heterocycles. The lowest BCUT2D eigenvalue weighted by atomic mass is 10.1. The van der Waals surface area contributed by atoms with Crippen molar-refractivity contribution in [2.45, 2.75) is 20.4 Å². The van der Waals surface area contributed by atoms with E-state index in [2.05, 4.69) is 0 Å². The summed E-state index contributed by atoms with van der Waals surface area (Å²) in [4.78, 5) is 13.6. The van der Waals surface area contributed by atoms with Crippen LogP contribution in [0.2, 0.25) is 0 Å². The number of rotatable bonds is 1. The predicted octanol–water partition coefficient (Wildman–Crippen LogP) is 3.53. The number of hydrogen-bond acceptors (Lipinski definition) is 3. The van der Waals surface area contributed by atoms with Gasteiger partial charge in [0, 0.05) is 17.3 Å². The third-order valence-corrected chi connectivity index (χ3v) is 3.47. The SMILES string of the molecule is Cc1ccc(N2Cc3cc(C)c(O)cc3OC2=O)cc1. The van der Waals surface area contributed by atoms with Gasteiger partial charge >= 0.3 is 6.09 Å². The smallest absolute Gasteiger partial charge is 0.420 e. The highest BCUT2D eigenvalue weighted by atomic mass is 16.6. The highest BCUT2D eigenvalue weighted by molar-refractivity contribution is 5.91. The number of carbonyl (C=O) groups is 1. The topological polar surface area (TPSA) is 49.8 Å². The Morgan fingerprint density at radius 3 is 2.55 bits per heavy atom. The van der Waals surface area contributed by atoms with Crippen molar-refractivity contribution < 1.29 is 14.6 Å². The maximum atomic E-state index is 12.1. The third kappa shape index (κ3) is 2.09. The number of anilines is 1. The molecule has 20 heavy (non-hydrogen) atoms. The molecule has 1 aliphatic heterocycles. The van der Waals surface area contributed by atoms with Crippen molar-refractivity contribution in [2.24, 2.45) is 0 Å². The molecule has 3 rings (SSSR count). The zero-order valence-corrected chi connectivity index (χ0v) is 11.4. The standard InChI is InChI=1S/C16H15NO3/c1-10-3-5-13(6-4-10)17-9-12-7-11(2)14(18)8-15(12)20-16(17)19/h3-8,18H,9H2,1-2H3. The largest absolute Gasteiger partial charge is 0.508 e. The number of carbonyl (C=O) groups excluding carboxylic acids is 1. The van der Waals surface area contributed by atoms with Crippen molar-refractivity contribution in [1.29, 1.82) is 0 Å². The van der Waals surface area contributed by atoms with E-state index < -0.39 is 6.09 Å². The molecule has 0 bridgehead atoms. The fourth-order valence-corrected chi connectivity index (χ4v) is 2.26. The number of nitrogens with zero attached hydrogens (tertiary/aromatic N) is 1. The Labute approximate surface area is 117 Å². The molecular weight excluding hydrogens is 254 g/mol. The number of benzene rings is 2. The molecule has 102 valence electrons. The molecule has 0 aliphatic carbocycles. The molecule has 2 aromatic rings. The number of phenolic OH excluding ortho intramolecular Hbond substituents is 1. The van der Waals surface area contributed by atoms with Crippen LogP contribution >= 0.6 is 0 Å². The van der Waals surface area contributed by atoms with Gasteiger partial charge in [0.25, 0.3) is 0 Å². The first-order valence-corrected chi connectivity index (χ1v) is 6.43. The van der Waals surface area contributed by atoms with E-state index in [1.807, 2.05) is 44.2 Å². The van der Waals surface area contributed by atoms with E-state index in [9.17, 15) is 9.90 Å². The van der Waals surface area contributed by atoms with Gasteiger partial charge in [0.15, 0.2) is 0 Å². The number of aryl methyl sites for hydroxylation is 2. The summed E-state index contributed by atoms with van der Waals surface area (Å²) in [5.74, 6) is 0.571. The van der Waals surface area contributed by atoms with Crippen LogP contribution in [-0.2, 0) is 6.54 Å². The Hall–Kier alpha value is -2.49. The number of ether oxygens (including phenoxy) is 1. The summed E-state index contributed by atoms with van der Waals surface area (Å²) in [5.41, 5.74) is 3.60. The highest BCUT2D eigenvalue weighted by Gasteiger charge is 2.26. The fourth-order valence-electron chi connectivity index (χ4n) is 2.26. The first kappa shape index (κ1) is 12.5. The minimum atomic E-state index is -0.426. The average molecular weight is 269 g/mol. The molecule has 4 heteroatoms. The zero-order valence-electron chi connectivity index (χ0n) is 11.4. The van der Waals surface area contributed by atoms with Gasteiger partial charge in [-0.3, -0.25) is 4.90 Å². The Morgan fingerprint density at radius 2 is 1.85 bits per heavy atom. The van der Waals surface area contributed by atoms with Crippen LogP contribution in [0.3, 0.4) is 0 Å². The van der Waals surface area contributed by atoms with Gasteiger partial charge < -0.3 is 9.84 Å². The van der Waals surface area contributed by atoms with Crippen molar-refractivity contribution in [1.82, 2.24) is 0 Å². The van der Waals surface area contributed by atoms with Crippen LogP contribution in [0.1, 0.15) is 16.7 Å². The maximum absolute atomic E-state index is 12.1. The molecule has 1 amide bonds. The van der Waals surface area contributed by atoms with Crippen LogP contribution in [0.4, 0.5) is 10.5 Å². The summed E-state index contributed by atoms with van der Waals surface area (Å²) in [6, 6.07) is 11.1. The molecule has 1 aliphatic rings. The lowest BCUT2D eigenvalue weighted by Gasteiger charge is -2.28. The molecule has 2 aromatic carbocycles.